The zero-order valence-electron chi connectivity index (χ0n) is 11.9. The average Bonchev–Trinajstić information content (AvgIpc) is 2.75. The lowest BCUT2D eigenvalue weighted by Gasteiger charge is -2.17. The number of nitrogen functional groups attached to an aromatic ring is 1. The molecule has 2 amide bonds. The molecule has 0 saturated carbocycles. The van der Waals surface area contributed by atoms with E-state index in [0.29, 0.717) is 10.7 Å². The maximum Gasteiger partial charge on any atom is 0.337 e. The number of carbonyl (C=O) groups is 3. The molecule has 3 rings (SSSR count). The SMILES string of the molecule is Nc1c2c(cc(=O)n1-c1c(I)cc(I)c(C(=O)O)c1I)C(=O)NC2=O. The van der Waals surface area contributed by atoms with Gasteiger partial charge in [-0.15, -0.1) is 0 Å². The number of aromatic nitrogens is 1. The van der Waals surface area contributed by atoms with Crippen LogP contribution in [-0.4, -0.2) is 27.5 Å². The van der Waals surface area contributed by atoms with Crippen molar-refractivity contribution in [1.82, 2.24) is 9.88 Å². The van der Waals surface area contributed by atoms with Gasteiger partial charge in [0, 0.05) is 13.2 Å². The molecule has 0 aliphatic carbocycles. The summed E-state index contributed by atoms with van der Waals surface area (Å²) >= 11 is 5.69. The van der Waals surface area contributed by atoms with Gasteiger partial charge in [-0.25, -0.2) is 4.79 Å². The largest absolute Gasteiger partial charge is 0.478 e. The molecule has 1 aromatic heterocycles. The van der Waals surface area contributed by atoms with Gasteiger partial charge in [0.1, 0.15) is 5.82 Å². The lowest BCUT2D eigenvalue weighted by molar-refractivity contribution is 0.0693. The quantitative estimate of drug-likeness (QED) is 0.329. The Balaban J connectivity index is 2.44. The summed E-state index contributed by atoms with van der Waals surface area (Å²) in [5, 5.41) is 11.5. The summed E-state index contributed by atoms with van der Waals surface area (Å²) in [6.07, 6.45) is 0. The average molecular weight is 677 g/mol. The topological polar surface area (TPSA) is 131 Å². The number of carbonyl (C=O) groups excluding carboxylic acids is 2. The number of nitrogens with zero attached hydrogens (tertiary/aromatic N) is 1. The number of hydrogen-bond acceptors (Lipinski definition) is 5. The van der Waals surface area contributed by atoms with Crippen LogP contribution in [-0.2, 0) is 0 Å². The Morgan fingerprint density at radius 2 is 1.72 bits per heavy atom. The van der Waals surface area contributed by atoms with Crippen molar-refractivity contribution in [2.24, 2.45) is 0 Å². The first-order valence-electron chi connectivity index (χ1n) is 6.47. The van der Waals surface area contributed by atoms with Crippen molar-refractivity contribution in [2.75, 3.05) is 5.73 Å². The number of nitrogens with two attached hydrogens (primary N) is 1. The fourth-order valence-corrected chi connectivity index (χ4v) is 6.81. The second-order valence-corrected chi connectivity index (χ2v) is 8.36. The van der Waals surface area contributed by atoms with Crippen molar-refractivity contribution in [3.05, 3.63) is 49.9 Å². The minimum Gasteiger partial charge on any atom is -0.478 e. The van der Waals surface area contributed by atoms with Crippen LogP contribution < -0.4 is 16.6 Å². The summed E-state index contributed by atoms with van der Waals surface area (Å²) in [5.41, 5.74) is 5.50. The van der Waals surface area contributed by atoms with E-state index in [1.54, 1.807) is 6.07 Å². The summed E-state index contributed by atoms with van der Waals surface area (Å²) in [7, 11) is 0. The normalized spacial score (nSPS) is 12.9. The predicted octanol–water partition coefficient (Wildman–Crippen LogP) is 1.82. The van der Waals surface area contributed by atoms with Gasteiger partial charge >= 0.3 is 5.97 Å². The van der Waals surface area contributed by atoms with E-state index >= 15 is 0 Å². The van der Waals surface area contributed by atoms with Crippen LogP contribution in [0.25, 0.3) is 5.69 Å². The summed E-state index contributed by atoms with van der Waals surface area (Å²) in [6.45, 7) is 0. The number of carboxylic acid groups (broad SMARTS) is 1. The highest BCUT2D eigenvalue weighted by molar-refractivity contribution is 14.1. The standard InChI is InChI=1S/C14H6I3N3O5/c15-4-2-5(16)10(9(17)8(4)14(24)25)20-6(21)1-3-7(11(20)18)13(23)19-12(3)22/h1-2H,18H2,(H,24,25)(H,19,22,23). The van der Waals surface area contributed by atoms with Crippen LogP contribution in [0.5, 0.6) is 0 Å². The van der Waals surface area contributed by atoms with Gasteiger partial charge in [0.15, 0.2) is 0 Å². The van der Waals surface area contributed by atoms with Gasteiger partial charge in [0.2, 0.25) is 0 Å². The Labute approximate surface area is 180 Å². The van der Waals surface area contributed by atoms with Crippen LogP contribution in [0, 0.1) is 10.7 Å². The fraction of sp³-hybridized carbons (Fsp3) is 0. The van der Waals surface area contributed by atoms with Gasteiger partial charge < -0.3 is 10.8 Å². The summed E-state index contributed by atoms with van der Waals surface area (Å²) in [4.78, 5) is 47.8. The number of benzene rings is 1. The van der Waals surface area contributed by atoms with Gasteiger partial charge in [0.25, 0.3) is 17.4 Å². The molecule has 2 aromatic rings. The third-order valence-electron chi connectivity index (χ3n) is 3.54. The van der Waals surface area contributed by atoms with E-state index in [4.69, 9.17) is 5.73 Å². The highest BCUT2D eigenvalue weighted by atomic mass is 127. The smallest absolute Gasteiger partial charge is 0.337 e. The van der Waals surface area contributed by atoms with E-state index in [2.05, 4.69) is 5.32 Å². The molecule has 2 heterocycles. The molecule has 1 aromatic carbocycles. The zero-order valence-corrected chi connectivity index (χ0v) is 18.4. The number of carboxylic acids is 1. The van der Waals surface area contributed by atoms with Crippen molar-refractivity contribution in [3.8, 4) is 5.69 Å². The molecule has 1 aliphatic heterocycles. The minimum atomic E-state index is -1.15. The van der Waals surface area contributed by atoms with E-state index in [-0.39, 0.29) is 28.2 Å². The molecule has 0 saturated heterocycles. The van der Waals surface area contributed by atoms with Gasteiger partial charge in [-0.05, 0) is 73.8 Å². The van der Waals surface area contributed by atoms with Crippen LogP contribution in [0.3, 0.4) is 0 Å². The minimum absolute atomic E-state index is 0.0314. The molecule has 4 N–H and O–H groups in total. The monoisotopic (exact) mass is 677 g/mol. The molecule has 1 aliphatic rings. The summed E-state index contributed by atoms with van der Waals surface area (Å²) in [5.74, 6) is -2.74. The van der Waals surface area contributed by atoms with E-state index in [1.807, 2.05) is 67.8 Å². The molecule has 0 radical (unpaired) electrons. The number of aromatic carboxylic acids is 1. The maximum absolute atomic E-state index is 12.6. The number of fused-ring (bicyclic) bond motifs is 1. The van der Waals surface area contributed by atoms with Crippen molar-refractivity contribution >= 4 is 91.4 Å². The third kappa shape index (κ3) is 2.84. The van der Waals surface area contributed by atoms with Gasteiger partial charge in [0.05, 0.1) is 25.9 Å². The zero-order chi connectivity index (χ0) is 18.6. The molecular weight excluding hydrogens is 671 g/mol. The molecule has 0 fully saturated rings. The van der Waals surface area contributed by atoms with Gasteiger partial charge in [-0.1, -0.05) is 0 Å². The van der Waals surface area contributed by atoms with E-state index in [0.717, 1.165) is 10.6 Å². The third-order valence-corrected chi connectivity index (χ3v) is 6.26. The van der Waals surface area contributed by atoms with E-state index in [1.165, 1.54) is 0 Å². The fourth-order valence-electron chi connectivity index (χ4n) is 2.49. The lowest BCUT2D eigenvalue weighted by Crippen LogP contribution is -2.26. The maximum atomic E-state index is 12.6. The van der Waals surface area contributed by atoms with Crippen LogP contribution in [0.4, 0.5) is 5.82 Å². The number of amides is 2. The molecule has 0 bridgehead atoms. The number of imide groups is 1. The van der Waals surface area contributed by atoms with E-state index in [9.17, 15) is 24.3 Å². The summed E-state index contributed by atoms with van der Waals surface area (Å²) < 4.78 is 2.45. The molecule has 128 valence electrons. The molecule has 0 spiro atoms. The molecule has 11 heteroatoms. The second-order valence-electron chi connectivity index (χ2n) is 4.96. The second kappa shape index (κ2) is 6.49. The number of anilines is 1. The number of nitrogens with one attached hydrogen (secondary N) is 1. The van der Waals surface area contributed by atoms with Crippen molar-refractivity contribution in [2.45, 2.75) is 0 Å². The predicted molar refractivity (Wildman–Crippen MR) is 113 cm³/mol. The number of hydrogen-bond donors (Lipinski definition) is 3. The molecule has 0 unspecified atom stereocenters. The Morgan fingerprint density at radius 1 is 1.08 bits per heavy atom. The Hall–Kier alpha value is -1.23. The molecular formula is C14H6I3N3O5. The Morgan fingerprint density at radius 3 is 2.32 bits per heavy atom. The van der Waals surface area contributed by atoms with Crippen LogP contribution in [0.2, 0.25) is 0 Å². The lowest BCUT2D eigenvalue weighted by atomic mass is 10.1. The van der Waals surface area contributed by atoms with Crippen molar-refractivity contribution in [3.63, 3.8) is 0 Å². The first-order chi connectivity index (χ1) is 11.6. The highest BCUT2D eigenvalue weighted by Crippen LogP contribution is 2.32. The van der Waals surface area contributed by atoms with E-state index < -0.39 is 23.3 Å². The highest BCUT2D eigenvalue weighted by Gasteiger charge is 2.33. The van der Waals surface area contributed by atoms with Crippen LogP contribution in [0.15, 0.2) is 16.9 Å². The first-order valence-corrected chi connectivity index (χ1v) is 9.71. The number of pyridine rings is 1. The molecule has 8 nitrogen and oxygen atoms in total. The number of rotatable bonds is 2. The number of halogens is 3. The van der Waals surface area contributed by atoms with Crippen molar-refractivity contribution in [1.29, 1.82) is 0 Å². The Bertz CT molecular complexity index is 1060. The molecule has 0 atom stereocenters. The van der Waals surface area contributed by atoms with Crippen LogP contribution in [0.1, 0.15) is 31.1 Å². The van der Waals surface area contributed by atoms with Crippen molar-refractivity contribution < 1.29 is 19.5 Å². The van der Waals surface area contributed by atoms with Gasteiger partial charge in [-0.3, -0.25) is 24.3 Å². The van der Waals surface area contributed by atoms with Crippen LogP contribution >= 0.6 is 67.8 Å². The molecule has 25 heavy (non-hydrogen) atoms. The Kier molecular flexibility index (Phi) is 4.82. The first kappa shape index (κ1) is 18.6. The van der Waals surface area contributed by atoms with Gasteiger partial charge in [-0.2, -0.15) is 0 Å². The summed E-state index contributed by atoms with van der Waals surface area (Å²) in [6, 6.07) is 2.63.